The van der Waals surface area contributed by atoms with Crippen LogP contribution >= 0.6 is 0 Å². The Bertz CT molecular complexity index is 981. The molecule has 0 saturated carbocycles. The highest BCUT2D eigenvalue weighted by molar-refractivity contribution is 7.84. The van der Waals surface area contributed by atoms with Crippen molar-refractivity contribution < 1.29 is 22.5 Å². The van der Waals surface area contributed by atoms with Gasteiger partial charge in [-0.05, 0) is 67.9 Å². The van der Waals surface area contributed by atoms with Gasteiger partial charge in [0.25, 0.3) is 5.91 Å². The number of amides is 1. The summed E-state index contributed by atoms with van der Waals surface area (Å²) in [6.45, 7) is 4.26. The van der Waals surface area contributed by atoms with Crippen LogP contribution < -0.4 is 10.1 Å². The van der Waals surface area contributed by atoms with Gasteiger partial charge in [0.1, 0.15) is 17.3 Å². The van der Waals surface area contributed by atoms with Gasteiger partial charge in [0, 0.05) is 11.4 Å². The Hall–Kier alpha value is -2.93. The van der Waals surface area contributed by atoms with Crippen molar-refractivity contribution >= 4 is 16.7 Å². The molecule has 0 aliphatic carbocycles. The van der Waals surface area contributed by atoms with Gasteiger partial charge in [0.2, 0.25) is 0 Å². The minimum atomic E-state index is -1.39. The van der Waals surface area contributed by atoms with E-state index in [1.807, 2.05) is 38.1 Å². The molecule has 0 fully saturated rings. The lowest BCUT2D eigenvalue weighted by atomic mass is 10.2. The van der Waals surface area contributed by atoms with E-state index in [2.05, 4.69) is 5.32 Å². The average molecular weight is 415 g/mol. The van der Waals surface area contributed by atoms with Crippen LogP contribution in [0.4, 0.5) is 4.39 Å². The van der Waals surface area contributed by atoms with Gasteiger partial charge in [-0.25, -0.2) is 4.39 Å². The molecule has 0 radical (unpaired) electrons. The number of ether oxygens (including phenoxy) is 1. The molecular formula is C22H22FNO4S. The summed E-state index contributed by atoms with van der Waals surface area (Å²) >= 11 is 0. The van der Waals surface area contributed by atoms with E-state index in [0.717, 1.165) is 11.3 Å². The molecule has 1 aromatic heterocycles. The van der Waals surface area contributed by atoms with Crippen molar-refractivity contribution in [3.05, 3.63) is 83.6 Å². The first kappa shape index (κ1) is 20.8. The zero-order valence-corrected chi connectivity index (χ0v) is 17.0. The number of halogens is 1. The van der Waals surface area contributed by atoms with Crippen LogP contribution in [0.2, 0.25) is 0 Å². The Morgan fingerprint density at radius 1 is 1.07 bits per heavy atom. The van der Waals surface area contributed by atoms with Gasteiger partial charge in [-0.15, -0.1) is 0 Å². The normalized spacial score (nSPS) is 12.0. The quantitative estimate of drug-likeness (QED) is 0.590. The van der Waals surface area contributed by atoms with E-state index < -0.39 is 10.8 Å². The molecule has 5 nitrogen and oxygen atoms in total. The molecule has 2 aromatic carbocycles. The summed E-state index contributed by atoms with van der Waals surface area (Å²) in [5, 5.41) is 2.79. The van der Waals surface area contributed by atoms with Gasteiger partial charge < -0.3 is 14.5 Å². The lowest BCUT2D eigenvalue weighted by Gasteiger charge is -2.10. The highest BCUT2D eigenvalue weighted by Gasteiger charge is 2.14. The van der Waals surface area contributed by atoms with Crippen LogP contribution in [0, 0.1) is 5.82 Å². The molecule has 1 heterocycles. The van der Waals surface area contributed by atoms with E-state index in [4.69, 9.17) is 9.15 Å². The Morgan fingerprint density at radius 3 is 2.41 bits per heavy atom. The molecule has 3 aromatic rings. The van der Waals surface area contributed by atoms with Gasteiger partial charge in [-0.1, -0.05) is 12.1 Å². The molecule has 29 heavy (non-hydrogen) atoms. The maximum Gasteiger partial charge on any atom is 0.287 e. The number of carbonyl (C=O) groups excluding carboxylic acids is 1. The number of carbonyl (C=O) groups is 1. The second kappa shape index (κ2) is 9.52. The zero-order chi connectivity index (χ0) is 20.8. The molecule has 1 N–H and O–H groups in total. The molecule has 0 spiro atoms. The standard InChI is InChI=1S/C22H22FNO4S/c1-15(2)27-18-7-3-16(4-8-18)13-24-22(25)21-12-9-19(28-21)14-29(26)20-10-5-17(23)6-11-20/h3-12,15H,13-14H2,1-2H3,(H,24,25)/t29-/m1/s1. The van der Waals surface area contributed by atoms with Gasteiger partial charge in [0.05, 0.1) is 22.7 Å². The highest BCUT2D eigenvalue weighted by atomic mass is 32.2. The molecule has 0 bridgehead atoms. The number of benzene rings is 2. The van der Waals surface area contributed by atoms with Crippen molar-refractivity contribution in [3.8, 4) is 5.75 Å². The highest BCUT2D eigenvalue weighted by Crippen LogP contribution is 2.17. The number of hydrogen-bond acceptors (Lipinski definition) is 4. The fraction of sp³-hybridized carbons (Fsp3) is 0.227. The maximum absolute atomic E-state index is 13.0. The summed E-state index contributed by atoms with van der Waals surface area (Å²) in [6.07, 6.45) is 0.103. The van der Waals surface area contributed by atoms with Crippen molar-refractivity contribution in [2.24, 2.45) is 0 Å². The lowest BCUT2D eigenvalue weighted by molar-refractivity contribution is 0.0921. The van der Waals surface area contributed by atoms with Crippen molar-refractivity contribution in [2.75, 3.05) is 0 Å². The van der Waals surface area contributed by atoms with Crippen LogP contribution in [0.25, 0.3) is 0 Å². The smallest absolute Gasteiger partial charge is 0.287 e. The SMILES string of the molecule is CC(C)Oc1ccc(CNC(=O)c2ccc(C[S@@](=O)c3ccc(F)cc3)o2)cc1. The number of nitrogens with one attached hydrogen (secondary N) is 1. The van der Waals surface area contributed by atoms with Crippen molar-refractivity contribution in [1.29, 1.82) is 0 Å². The van der Waals surface area contributed by atoms with Crippen LogP contribution in [0.3, 0.4) is 0 Å². The van der Waals surface area contributed by atoms with Crippen molar-refractivity contribution in [3.63, 3.8) is 0 Å². The van der Waals surface area contributed by atoms with E-state index in [-0.39, 0.29) is 29.3 Å². The summed E-state index contributed by atoms with van der Waals surface area (Å²) < 4.78 is 36.4. The minimum Gasteiger partial charge on any atom is -0.491 e. The average Bonchev–Trinajstić information content (AvgIpc) is 3.16. The summed E-state index contributed by atoms with van der Waals surface area (Å²) in [4.78, 5) is 12.8. The van der Waals surface area contributed by atoms with Crippen molar-refractivity contribution in [2.45, 2.75) is 37.1 Å². The van der Waals surface area contributed by atoms with Crippen LogP contribution in [0.5, 0.6) is 5.75 Å². The number of hydrogen-bond donors (Lipinski definition) is 1. The Labute approximate surface area is 171 Å². The molecule has 1 atom stereocenters. The van der Waals surface area contributed by atoms with E-state index >= 15 is 0 Å². The first-order valence-electron chi connectivity index (χ1n) is 9.17. The molecule has 0 saturated heterocycles. The monoisotopic (exact) mass is 415 g/mol. The van der Waals surface area contributed by atoms with E-state index in [9.17, 15) is 13.4 Å². The largest absolute Gasteiger partial charge is 0.491 e. The van der Waals surface area contributed by atoms with Gasteiger partial charge in [-0.3, -0.25) is 9.00 Å². The van der Waals surface area contributed by atoms with Crippen molar-refractivity contribution in [1.82, 2.24) is 5.32 Å². The van der Waals surface area contributed by atoms with Crippen LogP contribution in [-0.4, -0.2) is 16.2 Å². The number of rotatable bonds is 8. The predicted molar refractivity (Wildman–Crippen MR) is 109 cm³/mol. The summed E-state index contributed by atoms with van der Waals surface area (Å²) in [5.41, 5.74) is 0.929. The number of furan rings is 1. The maximum atomic E-state index is 13.0. The lowest BCUT2D eigenvalue weighted by Crippen LogP contribution is -2.22. The molecule has 0 unspecified atom stereocenters. The molecular weight excluding hydrogens is 393 g/mol. The second-order valence-electron chi connectivity index (χ2n) is 6.70. The molecule has 0 aliphatic heterocycles. The Kier molecular flexibility index (Phi) is 6.82. The fourth-order valence-corrected chi connectivity index (χ4v) is 3.62. The molecule has 7 heteroatoms. The van der Waals surface area contributed by atoms with Gasteiger partial charge in [0.15, 0.2) is 5.76 Å². The minimum absolute atomic E-state index is 0.103. The van der Waals surface area contributed by atoms with Crippen LogP contribution in [0.15, 0.2) is 70.0 Å². The molecule has 1 amide bonds. The third-order valence-electron chi connectivity index (χ3n) is 3.98. The van der Waals surface area contributed by atoms with E-state index in [0.29, 0.717) is 17.2 Å². The third-order valence-corrected chi connectivity index (χ3v) is 5.33. The van der Waals surface area contributed by atoms with E-state index in [1.165, 1.54) is 24.3 Å². The molecule has 152 valence electrons. The first-order chi connectivity index (χ1) is 13.9. The zero-order valence-electron chi connectivity index (χ0n) is 16.2. The van der Waals surface area contributed by atoms with Gasteiger partial charge >= 0.3 is 0 Å². The topological polar surface area (TPSA) is 68.5 Å². The Balaban J connectivity index is 1.53. The summed E-state index contributed by atoms with van der Waals surface area (Å²) in [7, 11) is -1.39. The fourth-order valence-electron chi connectivity index (χ4n) is 2.60. The van der Waals surface area contributed by atoms with Crippen LogP contribution in [0.1, 0.15) is 35.7 Å². The van der Waals surface area contributed by atoms with E-state index in [1.54, 1.807) is 12.1 Å². The predicted octanol–water partition coefficient (Wildman–Crippen LogP) is 4.44. The molecule has 3 rings (SSSR count). The second-order valence-corrected chi connectivity index (χ2v) is 8.15. The van der Waals surface area contributed by atoms with Gasteiger partial charge in [-0.2, -0.15) is 0 Å². The summed E-state index contributed by atoms with van der Waals surface area (Å²) in [6, 6.07) is 16.1. The first-order valence-corrected chi connectivity index (χ1v) is 10.5. The Morgan fingerprint density at radius 2 is 1.76 bits per heavy atom. The van der Waals surface area contributed by atoms with Crippen LogP contribution in [-0.2, 0) is 23.1 Å². The third kappa shape index (κ3) is 6.02. The molecule has 0 aliphatic rings. The summed E-state index contributed by atoms with van der Waals surface area (Å²) in [5.74, 6) is 0.718.